The van der Waals surface area contributed by atoms with Gasteiger partial charge in [-0.15, -0.1) is 0 Å². The van der Waals surface area contributed by atoms with Gasteiger partial charge in [-0.25, -0.2) is 4.39 Å². The Morgan fingerprint density at radius 1 is 1.12 bits per heavy atom. The highest BCUT2D eigenvalue weighted by atomic mass is 19.1. The van der Waals surface area contributed by atoms with Crippen molar-refractivity contribution in [2.75, 3.05) is 7.05 Å². The van der Waals surface area contributed by atoms with Gasteiger partial charge < -0.3 is 14.7 Å². The number of nitrogens with zero attached hydrogens (tertiary/aromatic N) is 1. The number of benzene rings is 2. The number of carbonyl (C=O) groups excluding carboxylic acids is 1. The molecule has 0 heterocycles. The van der Waals surface area contributed by atoms with Gasteiger partial charge in [0.25, 0.3) is 5.91 Å². The summed E-state index contributed by atoms with van der Waals surface area (Å²) in [5.74, 6) is 0.0838. The molecule has 2 aromatic rings. The second-order valence-electron chi connectivity index (χ2n) is 6.03. The molecule has 0 aromatic heterocycles. The molecule has 2 aromatic carbocycles. The lowest BCUT2D eigenvalue weighted by Gasteiger charge is -2.29. The van der Waals surface area contributed by atoms with Gasteiger partial charge in [-0.3, -0.25) is 4.79 Å². The number of aliphatic hydroxyl groups excluding tert-OH is 1. The highest BCUT2D eigenvalue weighted by molar-refractivity contribution is 5.94. The standard InChI is InChI=1S/C19H20FNO3/c1-21(19(23)13-7-9-14(20)10-8-13)16-11-12-17(18(16)22)24-15-5-3-2-4-6-15/h2-10,16-18,22H,11-12H2,1H3/t16-,17+,18+/m1/s1. The largest absolute Gasteiger partial charge is 0.488 e. The van der Waals surface area contributed by atoms with Crippen LogP contribution in [0.5, 0.6) is 5.75 Å². The van der Waals surface area contributed by atoms with Crippen LogP contribution in [0.4, 0.5) is 4.39 Å². The molecule has 0 unspecified atom stereocenters. The van der Waals surface area contributed by atoms with E-state index in [2.05, 4.69) is 0 Å². The average molecular weight is 329 g/mol. The predicted molar refractivity (Wildman–Crippen MR) is 88.4 cm³/mol. The van der Waals surface area contributed by atoms with Crippen LogP contribution in [0.3, 0.4) is 0 Å². The highest BCUT2D eigenvalue weighted by Crippen LogP contribution is 2.28. The molecule has 1 aliphatic rings. The number of amides is 1. The topological polar surface area (TPSA) is 49.8 Å². The average Bonchev–Trinajstić information content (AvgIpc) is 2.96. The first kappa shape index (κ1) is 16.5. The fourth-order valence-electron chi connectivity index (χ4n) is 3.10. The van der Waals surface area contributed by atoms with Crippen molar-refractivity contribution in [1.82, 2.24) is 4.90 Å². The van der Waals surface area contributed by atoms with Crippen LogP contribution in [0.25, 0.3) is 0 Å². The maximum Gasteiger partial charge on any atom is 0.253 e. The van der Waals surface area contributed by atoms with Crippen LogP contribution < -0.4 is 4.74 Å². The van der Waals surface area contributed by atoms with E-state index in [0.29, 0.717) is 24.2 Å². The van der Waals surface area contributed by atoms with Crippen LogP contribution in [-0.2, 0) is 0 Å². The minimum Gasteiger partial charge on any atom is -0.488 e. The van der Waals surface area contributed by atoms with Crippen molar-refractivity contribution in [3.63, 3.8) is 0 Å². The van der Waals surface area contributed by atoms with Gasteiger partial charge in [0, 0.05) is 12.6 Å². The monoisotopic (exact) mass is 329 g/mol. The van der Waals surface area contributed by atoms with Crippen molar-refractivity contribution in [3.8, 4) is 5.75 Å². The van der Waals surface area contributed by atoms with E-state index < -0.39 is 6.10 Å². The normalized spacial score (nSPS) is 23.0. The molecule has 1 aliphatic carbocycles. The van der Waals surface area contributed by atoms with Crippen LogP contribution >= 0.6 is 0 Å². The summed E-state index contributed by atoms with van der Waals surface area (Å²) in [7, 11) is 1.66. The SMILES string of the molecule is CN(C(=O)c1ccc(F)cc1)[C@@H]1CC[C@H](Oc2ccccc2)[C@H]1O. The fourth-order valence-corrected chi connectivity index (χ4v) is 3.10. The minimum absolute atomic E-state index is 0.237. The fraction of sp³-hybridized carbons (Fsp3) is 0.316. The molecule has 126 valence electrons. The molecule has 1 saturated carbocycles. The van der Waals surface area contributed by atoms with E-state index in [1.165, 1.54) is 29.2 Å². The van der Waals surface area contributed by atoms with Crippen LogP contribution in [0.15, 0.2) is 54.6 Å². The molecule has 0 spiro atoms. The van der Waals surface area contributed by atoms with Crippen LogP contribution in [-0.4, -0.2) is 41.2 Å². The van der Waals surface area contributed by atoms with E-state index in [1.54, 1.807) is 7.05 Å². The molecule has 0 aliphatic heterocycles. The van der Waals surface area contributed by atoms with Gasteiger partial charge in [-0.05, 0) is 49.2 Å². The summed E-state index contributed by atoms with van der Waals surface area (Å²) in [6.07, 6.45) is 0.213. The summed E-state index contributed by atoms with van der Waals surface area (Å²) < 4.78 is 18.8. The lowest BCUT2D eigenvalue weighted by atomic mass is 10.1. The highest BCUT2D eigenvalue weighted by Gasteiger charge is 2.40. The summed E-state index contributed by atoms with van der Waals surface area (Å²) in [4.78, 5) is 14.0. The van der Waals surface area contributed by atoms with Crippen molar-refractivity contribution >= 4 is 5.91 Å². The van der Waals surface area contributed by atoms with Crippen molar-refractivity contribution in [3.05, 3.63) is 66.0 Å². The van der Waals surface area contributed by atoms with E-state index in [4.69, 9.17) is 4.74 Å². The smallest absolute Gasteiger partial charge is 0.253 e. The maximum atomic E-state index is 13.0. The molecule has 3 rings (SSSR count). The van der Waals surface area contributed by atoms with E-state index in [0.717, 1.165) is 0 Å². The first-order chi connectivity index (χ1) is 11.6. The number of para-hydroxylation sites is 1. The third kappa shape index (κ3) is 3.41. The van der Waals surface area contributed by atoms with Crippen LogP contribution in [0, 0.1) is 5.82 Å². The molecule has 0 bridgehead atoms. The Morgan fingerprint density at radius 3 is 2.46 bits per heavy atom. The Bertz CT molecular complexity index is 690. The minimum atomic E-state index is -0.764. The Balaban J connectivity index is 1.66. The molecule has 5 heteroatoms. The maximum absolute atomic E-state index is 13.0. The lowest BCUT2D eigenvalue weighted by Crippen LogP contribution is -2.45. The summed E-state index contributed by atoms with van der Waals surface area (Å²) in [6, 6.07) is 14.4. The molecular weight excluding hydrogens is 309 g/mol. The van der Waals surface area contributed by atoms with Crippen molar-refractivity contribution in [2.24, 2.45) is 0 Å². The second kappa shape index (κ2) is 7.01. The van der Waals surface area contributed by atoms with Gasteiger partial charge in [0.1, 0.15) is 23.8 Å². The third-order valence-corrected chi connectivity index (χ3v) is 4.46. The molecule has 3 atom stereocenters. The van der Waals surface area contributed by atoms with Gasteiger partial charge in [0.2, 0.25) is 0 Å². The zero-order valence-corrected chi connectivity index (χ0v) is 13.4. The number of aliphatic hydroxyl groups is 1. The number of hydrogen-bond donors (Lipinski definition) is 1. The number of hydrogen-bond acceptors (Lipinski definition) is 3. The molecule has 1 fully saturated rings. The Kier molecular flexibility index (Phi) is 4.81. The van der Waals surface area contributed by atoms with Gasteiger partial charge in [-0.2, -0.15) is 0 Å². The second-order valence-corrected chi connectivity index (χ2v) is 6.03. The quantitative estimate of drug-likeness (QED) is 0.938. The van der Waals surface area contributed by atoms with Gasteiger partial charge in [0.15, 0.2) is 0 Å². The number of ether oxygens (including phenoxy) is 1. The Hall–Kier alpha value is -2.40. The molecule has 24 heavy (non-hydrogen) atoms. The molecule has 1 N–H and O–H groups in total. The Labute approximate surface area is 140 Å². The van der Waals surface area contributed by atoms with Gasteiger partial charge in [-0.1, -0.05) is 18.2 Å². The number of carbonyl (C=O) groups is 1. The summed E-state index contributed by atoms with van der Waals surface area (Å²) in [5.41, 5.74) is 0.401. The van der Waals surface area contributed by atoms with E-state index in [9.17, 15) is 14.3 Å². The summed E-state index contributed by atoms with van der Waals surface area (Å²) in [6.45, 7) is 0. The van der Waals surface area contributed by atoms with Crippen molar-refractivity contribution in [2.45, 2.75) is 31.1 Å². The molecule has 4 nitrogen and oxygen atoms in total. The third-order valence-electron chi connectivity index (χ3n) is 4.46. The van der Waals surface area contributed by atoms with Gasteiger partial charge >= 0.3 is 0 Å². The summed E-state index contributed by atoms with van der Waals surface area (Å²) in [5, 5.41) is 10.5. The summed E-state index contributed by atoms with van der Waals surface area (Å²) >= 11 is 0. The molecular formula is C19H20FNO3. The van der Waals surface area contributed by atoms with E-state index in [-0.39, 0.29) is 23.9 Å². The van der Waals surface area contributed by atoms with Gasteiger partial charge in [0.05, 0.1) is 6.04 Å². The zero-order valence-electron chi connectivity index (χ0n) is 13.4. The molecule has 0 radical (unpaired) electrons. The number of likely N-dealkylation sites (N-methyl/N-ethyl adjacent to an activating group) is 1. The predicted octanol–water partition coefficient (Wildman–Crippen LogP) is 2.87. The molecule has 1 amide bonds. The number of rotatable bonds is 4. The molecule has 0 saturated heterocycles. The van der Waals surface area contributed by atoms with Crippen LogP contribution in [0.1, 0.15) is 23.2 Å². The zero-order chi connectivity index (χ0) is 17.1. The van der Waals surface area contributed by atoms with Crippen molar-refractivity contribution < 1.29 is 19.0 Å². The number of halogens is 1. The van der Waals surface area contributed by atoms with Crippen molar-refractivity contribution in [1.29, 1.82) is 0 Å². The first-order valence-corrected chi connectivity index (χ1v) is 7.99. The van der Waals surface area contributed by atoms with E-state index >= 15 is 0 Å². The van der Waals surface area contributed by atoms with Crippen LogP contribution in [0.2, 0.25) is 0 Å². The Morgan fingerprint density at radius 2 is 1.79 bits per heavy atom. The lowest BCUT2D eigenvalue weighted by molar-refractivity contribution is 0.0166. The van der Waals surface area contributed by atoms with E-state index in [1.807, 2.05) is 30.3 Å². The first-order valence-electron chi connectivity index (χ1n) is 7.99.